The number of amides is 1. The zero-order chi connectivity index (χ0) is 20.1. The van der Waals surface area contributed by atoms with Crippen LogP contribution in [0.15, 0.2) is 48.5 Å². The van der Waals surface area contributed by atoms with Gasteiger partial charge >= 0.3 is 5.97 Å². The second-order valence-electron chi connectivity index (χ2n) is 6.03. The molecule has 1 amide bonds. The fourth-order valence-electron chi connectivity index (χ4n) is 2.72. The number of aromatic nitrogens is 1. The minimum Gasteiger partial charge on any atom is -0.497 e. The molecule has 0 saturated heterocycles. The van der Waals surface area contributed by atoms with Gasteiger partial charge < -0.3 is 14.8 Å². The second-order valence-corrected chi connectivity index (χ2v) is 7.31. The molecule has 3 rings (SSSR count). The van der Waals surface area contributed by atoms with Crippen LogP contribution in [0.25, 0.3) is 11.3 Å². The van der Waals surface area contributed by atoms with Crippen molar-refractivity contribution in [3.05, 3.63) is 64.0 Å². The van der Waals surface area contributed by atoms with Crippen LogP contribution in [-0.4, -0.2) is 31.1 Å². The SMILES string of the molecule is COC(=O)c1ccc(NC(=O)Cc2sc(C)nc2-c2ccc(OC)cc2)cc1. The number of carbonyl (C=O) groups is 2. The molecule has 0 fully saturated rings. The molecular formula is C21H20N2O4S. The number of aryl methyl sites for hydroxylation is 1. The van der Waals surface area contributed by atoms with Crippen LogP contribution in [-0.2, 0) is 16.0 Å². The van der Waals surface area contributed by atoms with E-state index < -0.39 is 5.97 Å². The van der Waals surface area contributed by atoms with Crippen molar-refractivity contribution in [3.63, 3.8) is 0 Å². The van der Waals surface area contributed by atoms with E-state index in [9.17, 15) is 9.59 Å². The van der Waals surface area contributed by atoms with Gasteiger partial charge in [-0.05, 0) is 55.5 Å². The Morgan fingerprint density at radius 3 is 2.32 bits per heavy atom. The number of ether oxygens (including phenoxy) is 2. The third-order valence-electron chi connectivity index (χ3n) is 4.08. The maximum absolute atomic E-state index is 12.5. The van der Waals surface area contributed by atoms with Crippen molar-refractivity contribution < 1.29 is 19.1 Å². The monoisotopic (exact) mass is 396 g/mol. The molecule has 1 heterocycles. The van der Waals surface area contributed by atoms with E-state index in [1.54, 1.807) is 31.4 Å². The van der Waals surface area contributed by atoms with Crippen molar-refractivity contribution in [1.82, 2.24) is 4.98 Å². The van der Waals surface area contributed by atoms with E-state index in [0.29, 0.717) is 11.3 Å². The number of methoxy groups -OCH3 is 2. The lowest BCUT2D eigenvalue weighted by Gasteiger charge is -2.07. The Morgan fingerprint density at radius 1 is 1.04 bits per heavy atom. The number of anilines is 1. The number of thiazole rings is 1. The molecule has 0 spiro atoms. The van der Waals surface area contributed by atoms with Crippen molar-refractivity contribution >= 4 is 28.9 Å². The third-order valence-corrected chi connectivity index (χ3v) is 5.05. The van der Waals surface area contributed by atoms with Crippen LogP contribution in [0.4, 0.5) is 5.69 Å². The lowest BCUT2D eigenvalue weighted by molar-refractivity contribution is -0.115. The molecule has 144 valence electrons. The van der Waals surface area contributed by atoms with Crippen LogP contribution in [0.5, 0.6) is 5.75 Å². The molecule has 1 N–H and O–H groups in total. The number of hydrogen-bond donors (Lipinski definition) is 1. The molecule has 6 nitrogen and oxygen atoms in total. The zero-order valence-electron chi connectivity index (χ0n) is 15.8. The highest BCUT2D eigenvalue weighted by Gasteiger charge is 2.15. The lowest BCUT2D eigenvalue weighted by atomic mass is 10.1. The Morgan fingerprint density at radius 2 is 1.71 bits per heavy atom. The van der Waals surface area contributed by atoms with Gasteiger partial charge in [0.1, 0.15) is 5.75 Å². The van der Waals surface area contributed by atoms with Gasteiger partial charge in [0.2, 0.25) is 5.91 Å². The number of esters is 1. The van der Waals surface area contributed by atoms with E-state index in [1.165, 1.54) is 18.4 Å². The summed E-state index contributed by atoms with van der Waals surface area (Å²) in [5, 5.41) is 3.75. The molecule has 0 unspecified atom stereocenters. The van der Waals surface area contributed by atoms with Crippen molar-refractivity contribution in [2.75, 3.05) is 19.5 Å². The van der Waals surface area contributed by atoms with Gasteiger partial charge in [0.25, 0.3) is 0 Å². The minimum atomic E-state index is -0.415. The van der Waals surface area contributed by atoms with E-state index in [4.69, 9.17) is 4.74 Å². The molecule has 0 radical (unpaired) electrons. The van der Waals surface area contributed by atoms with Gasteiger partial charge in [0.05, 0.1) is 36.9 Å². The quantitative estimate of drug-likeness (QED) is 0.635. The van der Waals surface area contributed by atoms with Crippen molar-refractivity contribution in [2.24, 2.45) is 0 Å². The largest absolute Gasteiger partial charge is 0.497 e. The van der Waals surface area contributed by atoms with Gasteiger partial charge in [-0.15, -0.1) is 11.3 Å². The molecule has 0 bridgehead atoms. The average Bonchev–Trinajstić information content (AvgIpc) is 3.07. The van der Waals surface area contributed by atoms with Crippen LogP contribution < -0.4 is 10.1 Å². The van der Waals surface area contributed by atoms with E-state index in [1.807, 2.05) is 31.2 Å². The predicted octanol–water partition coefficient (Wildman–Crippen LogP) is 4.09. The van der Waals surface area contributed by atoms with Gasteiger partial charge in [0.15, 0.2) is 0 Å². The van der Waals surface area contributed by atoms with E-state index in [-0.39, 0.29) is 12.3 Å². The first kappa shape index (κ1) is 19.6. The van der Waals surface area contributed by atoms with E-state index >= 15 is 0 Å². The lowest BCUT2D eigenvalue weighted by Crippen LogP contribution is -2.14. The molecule has 0 saturated carbocycles. The number of benzene rings is 2. The van der Waals surface area contributed by atoms with E-state index in [0.717, 1.165) is 26.9 Å². The smallest absolute Gasteiger partial charge is 0.337 e. The number of rotatable bonds is 6. The third kappa shape index (κ3) is 4.55. The first-order valence-corrected chi connectivity index (χ1v) is 9.40. The van der Waals surface area contributed by atoms with Crippen LogP contribution >= 0.6 is 11.3 Å². The highest BCUT2D eigenvalue weighted by molar-refractivity contribution is 7.12. The molecule has 1 aromatic heterocycles. The Hall–Kier alpha value is -3.19. The summed E-state index contributed by atoms with van der Waals surface area (Å²) < 4.78 is 9.86. The molecule has 0 aliphatic rings. The van der Waals surface area contributed by atoms with E-state index in [2.05, 4.69) is 15.0 Å². The second kappa shape index (κ2) is 8.67. The molecule has 0 aliphatic carbocycles. The van der Waals surface area contributed by atoms with Gasteiger partial charge in [-0.2, -0.15) is 0 Å². The Kier molecular flexibility index (Phi) is 6.06. The normalized spacial score (nSPS) is 10.4. The summed E-state index contributed by atoms with van der Waals surface area (Å²) in [6.07, 6.45) is 0.214. The standard InChI is InChI=1S/C21H20N2O4S/c1-13-22-20(14-6-10-17(26-2)11-7-14)18(28-13)12-19(24)23-16-8-4-15(5-9-16)21(25)27-3/h4-11H,12H2,1-3H3,(H,23,24). The van der Waals surface area contributed by atoms with Gasteiger partial charge in [-0.25, -0.2) is 9.78 Å². The zero-order valence-corrected chi connectivity index (χ0v) is 16.6. The Labute approximate surface area is 167 Å². The molecule has 28 heavy (non-hydrogen) atoms. The Bertz CT molecular complexity index is 979. The van der Waals surface area contributed by atoms with Crippen LogP contribution in [0.3, 0.4) is 0 Å². The van der Waals surface area contributed by atoms with Gasteiger partial charge in [-0.3, -0.25) is 4.79 Å². The highest BCUT2D eigenvalue weighted by atomic mass is 32.1. The maximum Gasteiger partial charge on any atom is 0.337 e. The Balaban J connectivity index is 1.73. The summed E-state index contributed by atoms with van der Waals surface area (Å²) in [6, 6.07) is 14.2. The van der Waals surface area contributed by atoms with Crippen molar-refractivity contribution in [2.45, 2.75) is 13.3 Å². The molecule has 0 aliphatic heterocycles. The number of hydrogen-bond acceptors (Lipinski definition) is 6. The average molecular weight is 396 g/mol. The molecule has 0 atom stereocenters. The first-order chi connectivity index (χ1) is 13.5. The molecule has 7 heteroatoms. The topological polar surface area (TPSA) is 77.5 Å². The van der Waals surface area contributed by atoms with Crippen molar-refractivity contribution in [3.8, 4) is 17.0 Å². The summed E-state index contributed by atoms with van der Waals surface area (Å²) in [5.74, 6) is 0.205. The summed E-state index contributed by atoms with van der Waals surface area (Å²) in [6.45, 7) is 1.92. The summed E-state index contributed by atoms with van der Waals surface area (Å²) in [7, 11) is 2.95. The molecule has 2 aromatic carbocycles. The predicted molar refractivity (Wildman–Crippen MR) is 109 cm³/mol. The first-order valence-electron chi connectivity index (χ1n) is 8.59. The highest BCUT2D eigenvalue weighted by Crippen LogP contribution is 2.30. The molecule has 3 aromatic rings. The number of nitrogens with zero attached hydrogens (tertiary/aromatic N) is 1. The summed E-state index contributed by atoms with van der Waals surface area (Å²) in [5.41, 5.74) is 2.79. The van der Waals surface area contributed by atoms with Crippen molar-refractivity contribution in [1.29, 1.82) is 0 Å². The summed E-state index contributed by atoms with van der Waals surface area (Å²) >= 11 is 1.50. The van der Waals surface area contributed by atoms with Crippen LogP contribution in [0, 0.1) is 6.92 Å². The fourth-order valence-corrected chi connectivity index (χ4v) is 3.68. The van der Waals surface area contributed by atoms with Gasteiger partial charge in [-0.1, -0.05) is 0 Å². The summed E-state index contributed by atoms with van der Waals surface area (Å²) in [4.78, 5) is 29.5. The minimum absolute atomic E-state index is 0.149. The van der Waals surface area contributed by atoms with Gasteiger partial charge in [0, 0.05) is 16.1 Å². The number of carbonyl (C=O) groups excluding carboxylic acids is 2. The van der Waals surface area contributed by atoms with Crippen LogP contribution in [0.1, 0.15) is 20.2 Å². The van der Waals surface area contributed by atoms with Crippen LogP contribution in [0.2, 0.25) is 0 Å². The fraction of sp³-hybridized carbons (Fsp3) is 0.190. The maximum atomic E-state index is 12.5. The number of nitrogens with one attached hydrogen (secondary N) is 1. The molecular weight excluding hydrogens is 376 g/mol.